The van der Waals surface area contributed by atoms with E-state index in [1.54, 1.807) is 0 Å². The van der Waals surface area contributed by atoms with Gasteiger partial charge in [0.1, 0.15) is 0 Å². The van der Waals surface area contributed by atoms with Crippen LogP contribution in [-0.4, -0.2) is 5.71 Å². The molecule has 37 heavy (non-hydrogen) atoms. The lowest BCUT2D eigenvalue weighted by Crippen LogP contribution is -2.24. The van der Waals surface area contributed by atoms with Crippen LogP contribution in [0.3, 0.4) is 0 Å². The minimum atomic E-state index is 0.0823. The van der Waals surface area contributed by atoms with Crippen molar-refractivity contribution in [1.82, 2.24) is 0 Å². The van der Waals surface area contributed by atoms with Gasteiger partial charge in [0, 0.05) is 23.5 Å². The smallest absolute Gasteiger partial charge is 0.0395 e. The van der Waals surface area contributed by atoms with E-state index in [0.29, 0.717) is 23.7 Å². The van der Waals surface area contributed by atoms with Crippen LogP contribution < -0.4 is 0 Å². The molecule has 0 aromatic heterocycles. The summed E-state index contributed by atoms with van der Waals surface area (Å²) >= 11 is 0. The molecule has 0 saturated carbocycles. The zero-order valence-corrected chi connectivity index (χ0v) is 23.9. The number of allylic oxidation sites excluding steroid dienone is 1. The first-order chi connectivity index (χ1) is 17.6. The van der Waals surface area contributed by atoms with Gasteiger partial charge in [-0.25, -0.2) is 0 Å². The van der Waals surface area contributed by atoms with Crippen molar-refractivity contribution in [1.29, 1.82) is 5.41 Å². The average molecular weight is 490 g/mol. The summed E-state index contributed by atoms with van der Waals surface area (Å²) in [4.78, 5) is 0. The molecule has 3 atom stereocenters. The Morgan fingerprint density at radius 2 is 0.973 bits per heavy atom. The first-order valence-electron chi connectivity index (χ1n) is 14.3. The van der Waals surface area contributed by atoms with Gasteiger partial charge in [-0.15, -0.1) is 0 Å². The van der Waals surface area contributed by atoms with Crippen LogP contribution in [0.15, 0.2) is 60.7 Å². The highest BCUT2D eigenvalue weighted by molar-refractivity contribution is 6.06. The SMILES string of the molecule is CC(C)c1cccc(C(C)C)c1C1c2cccc3c2C(C(=N)C=C3)C1c1c(C(C)C)cccc1C(C)C. The van der Waals surface area contributed by atoms with E-state index in [0.717, 1.165) is 5.71 Å². The summed E-state index contributed by atoms with van der Waals surface area (Å²) in [6, 6.07) is 20.8. The zero-order chi connectivity index (χ0) is 26.6. The first-order valence-corrected chi connectivity index (χ1v) is 14.3. The predicted octanol–water partition coefficient (Wildman–Crippen LogP) is 10.2. The Labute approximate surface area is 224 Å². The Morgan fingerprint density at radius 1 is 0.514 bits per heavy atom. The Morgan fingerprint density at radius 3 is 1.46 bits per heavy atom. The lowest BCUT2D eigenvalue weighted by molar-refractivity contribution is 0.587. The maximum absolute atomic E-state index is 9.29. The second-order valence-electron chi connectivity index (χ2n) is 12.4. The molecule has 192 valence electrons. The number of benzene rings is 3. The summed E-state index contributed by atoms with van der Waals surface area (Å²) in [6.45, 7) is 18.7. The van der Waals surface area contributed by atoms with Crippen molar-refractivity contribution in [3.05, 3.63) is 111 Å². The van der Waals surface area contributed by atoms with E-state index in [1.165, 1.54) is 50.1 Å². The molecule has 3 aromatic rings. The van der Waals surface area contributed by atoms with Gasteiger partial charge in [0.25, 0.3) is 0 Å². The summed E-state index contributed by atoms with van der Waals surface area (Å²) in [7, 11) is 0. The van der Waals surface area contributed by atoms with Crippen molar-refractivity contribution < 1.29 is 0 Å². The Balaban J connectivity index is 1.93. The van der Waals surface area contributed by atoms with E-state index in [2.05, 4.69) is 122 Å². The second kappa shape index (κ2) is 9.75. The zero-order valence-electron chi connectivity index (χ0n) is 23.9. The molecule has 5 rings (SSSR count). The quantitative estimate of drug-likeness (QED) is 0.356. The van der Waals surface area contributed by atoms with Crippen LogP contribution in [0.5, 0.6) is 0 Å². The second-order valence-corrected chi connectivity index (χ2v) is 12.4. The van der Waals surface area contributed by atoms with E-state index >= 15 is 0 Å². The molecule has 0 amide bonds. The molecular weight excluding hydrogens is 446 g/mol. The molecule has 0 saturated heterocycles. The Kier molecular flexibility index (Phi) is 6.77. The molecule has 1 nitrogen and oxygen atoms in total. The third-order valence-corrected chi connectivity index (χ3v) is 8.79. The van der Waals surface area contributed by atoms with Gasteiger partial charge in [0.2, 0.25) is 0 Å². The molecular formula is C36H43N. The van der Waals surface area contributed by atoms with Crippen LogP contribution in [0.25, 0.3) is 6.08 Å². The lowest BCUT2D eigenvalue weighted by Gasteiger charge is -2.35. The molecule has 3 aromatic carbocycles. The van der Waals surface area contributed by atoms with Gasteiger partial charge in [-0.1, -0.05) is 116 Å². The molecule has 0 fully saturated rings. The maximum Gasteiger partial charge on any atom is 0.0395 e. The number of nitrogens with one attached hydrogen (secondary N) is 1. The van der Waals surface area contributed by atoms with Crippen LogP contribution in [-0.2, 0) is 0 Å². The third-order valence-electron chi connectivity index (χ3n) is 8.79. The van der Waals surface area contributed by atoms with E-state index in [4.69, 9.17) is 0 Å². The molecule has 2 aliphatic carbocycles. The fourth-order valence-electron chi connectivity index (χ4n) is 7.20. The molecule has 0 heterocycles. The lowest BCUT2D eigenvalue weighted by atomic mass is 9.68. The molecule has 3 unspecified atom stereocenters. The topological polar surface area (TPSA) is 23.9 Å². The van der Waals surface area contributed by atoms with Crippen LogP contribution in [0.1, 0.15) is 147 Å². The molecule has 0 bridgehead atoms. The van der Waals surface area contributed by atoms with E-state index < -0.39 is 0 Å². The molecule has 0 aliphatic heterocycles. The fourth-order valence-corrected chi connectivity index (χ4v) is 7.20. The van der Waals surface area contributed by atoms with Gasteiger partial charge in [-0.3, -0.25) is 0 Å². The van der Waals surface area contributed by atoms with Gasteiger partial charge in [0.05, 0.1) is 0 Å². The Hall–Kier alpha value is -2.93. The minimum Gasteiger partial charge on any atom is -0.305 e. The predicted molar refractivity (Wildman–Crippen MR) is 160 cm³/mol. The van der Waals surface area contributed by atoms with Gasteiger partial charge < -0.3 is 5.41 Å². The third kappa shape index (κ3) is 4.12. The van der Waals surface area contributed by atoms with Crippen LogP contribution in [0, 0.1) is 5.41 Å². The molecule has 2 aliphatic rings. The summed E-state index contributed by atoms with van der Waals surface area (Å²) in [5, 5.41) is 9.29. The highest BCUT2D eigenvalue weighted by atomic mass is 14.6. The summed E-state index contributed by atoms with van der Waals surface area (Å²) in [5.41, 5.74) is 13.7. The number of hydrogen-bond donors (Lipinski definition) is 1. The fraction of sp³-hybridized carbons (Fsp3) is 0.417. The van der Waals surface area contributed by atoms with Crippen molar-refractivity contribution in [2.45, 2.75) is 96.8 Å². The van der Waals surface area contributed by atoms with Crippen LogP contribution in [0.2, 0.25) is 0 Å². The number of hydrogen-bond acceptors (Lipinski definition) is 1. The highest BCUT2D eigenvalue weighted by Crippen LogP contribution is 2.61. The van der Waals surface area contributed by atoms with E-state index in [1.807, 2.05) is 0 Å². The van der Waals surface area contributed by atoms with Crippen molar-refractivity contribution in [2.24, 2.45) is 0 Å². The number of rotatable bonds is 6. The molecule has 1 heteroatoms. The summed E-state index contributed by atoms with van der Waals surface area (Å²) < 4.78 is 0. The van der Waals surface area contributed by atoms with E-state index in [9.17, 15) is 5.41 Å². The van der Waals surface area contributed by atoms with Crippen molar-refractivity contribution in [2.75, 3.05) is 0 Å². The van der Waals surface area contributed by atoms with Crippen LogP contribution >= 0.6 is 0 Å². The van der Waals surface area contributed by atoms with E-state index in [-0.39, 0.29) is 17.8 Å². The Bertz CT molecular complexity index is 1310. The molecule has 0 radical (unpaired) electrons. The van der Waals surface area contributed by atoms with Crippen molar-refractivity contribution in [3.8, 4) is 0 Å². The standard InChI is InChI=1S/C36H43N/c1-20(2)25-13-10-14-26(21(3)4)32(25)34-29-17-9-12-24-18-19-30(37)35(31(24)29)36(34)33-27(22(5)6)15-11-16-28(33)23(7)8/h9-23,34-37H,1-8H3. The minimum absolute atomic E-state index is 0.0823. The monoisotopic (exact) mass is 489 g/mol. The first kappa shape index (κ1) is 25.7. The average Bonchev–Trinajstić information content (AvgIpc) is 3.21. The normalized spacial score (nSPS) is 20.5. The van der Waals surface area contributed by atoms with Crippen molar-refractivity contribution in [3.63, 3.8) is 0 Å². The highest BCUT2D eigenvalue weighted by Gasteiger charge is 2.48. The summed E-state index contributed by atoms with van der Waals surface area (Å²) in [6.07, 6.45) is 4.24. The maximum atomic E-state index is 9.29. The molecule has 1 N–H and O–H groups in total. The van der Waals surface area contributed by atoms with Gasteiger partial charge >= 0.3 is 0 Å². The van der Waals surface area contributed by atoms with Gasteiger partial charge in [-0.2, -0.15) is 0 Å². The van der Waals surface area contributed by atoms with Crippen molar-refractivity contribution >= 4 is 11.8 Å². The van der Waals surface area contributed by atoms with Gasteiger partial charge in [-0.05, 0) is 79.8 Å². The van der Waals surface area contributed by atoms with Gasteiger partial charge in [0.15, 0.2) is 0 Å². The molecule has 0 spiro atoms. The summed E-state index contributed by atoms with van der Waals surface area (Å²) in [5.74, 6) is 2.25. The van der Waals surface area contributed by atoms with Crippen LogP contribution in [0.4, 0.5) is 0 Å². The largest absolute Gasteiger partial charge is 0.305 e.